The van der Waals surface area contributed by atoms with Gasteiger partial charge in [-0.25, -0.2) is 0 Å². The highest BCUT2D eigenvalue weighted by atomic mass is 79.9. The monoisotopic (exact) mass is 345 g/mol. The second kappa shape index (κ2) is 7.29. The molecule has 0 saturated carbocycles. The van der Waals surface area contributed by atoms with E-state index in [1.165, 1.54) is 0 Å². The Morgan fingerprint density at radius 2 is 2.00 bits per heavy atom. The van der Waals surface area contributed by atoms with E-state index in [9.17, 15) is 5.11 Å². The summed E-state index contributed by atoms with van der Waals surface area (Å²) in [6.45, 7) is 8.58. The summed E-state index contributed by atoms with van der Waals surface area (Å²) in [6.07, 6.45) is 0. The molecule has 20 heavy (non-hydrogen) atoms. The lowest BCUT2D eigenvalue weighted by Gasteiger charge is -2.20. The van der Waals surface area contributed by atoms with Gasteiger partial charge >= 0.3 is 0 Å². The van der Waals surface area contributed by atoms with E-state index in [-0.39, 0.29) is 6.61 Å². The summed E-state index contributed by atoms with van der Waals surface area (Å²) >= 11 is 3.50. The summed E-state index contributed by atoms with van der Waals surface area (Å²) in [5, 5.41) is 13.1. The van der Waals surface area contributed by atoms with Crippen LogP contribution in [0.25, 0.3) is 0 Å². The van der Waals surface area contributed by atoms with Crippen LogP contribution in [0.2, 0.25) is 0 Å². The van der Waals surface area contributed by atoms with E-state index in [1.54, 1.807) is 21.0 Å². The summed E-state index contributed by atoms with van der Waals surface area (Å²) in [7, 11) is 1.61. The average Bonchev–Trinajstić information content (AvgIpc) is 2.33. The van der Waals surface area contributed by atoms with Gasteiger partial charge in [0.25, 0.3) is 0 Å². The highest BCUT2D eigenvalue weighted by Gasteiger charge is 2.17. The maximum atomic E-state index is 9.74. The Kier molecular flexibility index (Phi) is 6.30. The van der Waals surface area contributed by atoms with Crippen LogP contribution in [0.15, 0.2) is 16.6 Å². The number of hydrogen-bond donors (Lipinski definition) is 2. The molecule has 114 valence electrons. The Morgan fingerprint density at radius 1 is 1.35 bits per heavy atom. The number of halogens is 1. The van der Waals surface area contributed by atoms with Crippen LogP contribution in [0.3, 0.4) is 0 Å². The van der Waals surface area contributed by atoms with Crippen molar-refractivity contribution in [1.29, 1.82) is 0 Å². The molecule has 0 saturated heterocycles. The first-order valence-corrected chi connectivity index (χ1v) is 7.47. The molecule has 0 spiro atoms. The molecule has 0 radical (unpaired) electrons. The molecule has 2 N–H and O–H groups in total. The molecule has 1 rings (SSSR count). The number of methoxy groups -OCH3 is 1. The molecule has 0 atom stereocenters. The topological polar surface area (TPSA) is 50.7 Å². The van der Waals surface area contributed by atoms with Crippen molar-refractivity contribution in [2.45, 2.75) is 45.9 Å². The maximum Gasteiger partial charge on any atom is 0.175 e. The van der Waals surface area contributed by atoms with Gasteiger partial charge in [-0.05, 0) is 47.5 Å². The number of rotatable bonds is 7. The Morgan fingerprint density at radius 3 is 2.50 bits per heavy atom. The van der Waals surface area contributed by atoms with Gasteiger partial charge in [0.2, 0.25) is 0 Å². The van der Waals surface area contributed by atoms with E-state index in [0.29, 0.717) is 17.5 Å². The maximum absolute atomic E-state index is 9.74. The number of nitrogens with one attached hydrogen (secondary N) is 1. The van der Waals surface area contributed by atoms with Crippen LogP contribution in [0.1, 0.15) is 33.3 Å². The predicted octanol–water partition coefficient (Wildman–Crippen LogP) is 3.11. The zero-order chi connectivity index (χ0) is 15.3. The zero-order valence-electron chi connectivity index (χ0n) is 12.8. The van der Waals surface area contributed by atoms with Gasteiger partial charge in [0.1, 0.15) is 6.61 Å². The molecule has 0 aliphatic carbocycles. The third-order valence-corrected chi connectivity index (χ3v) is 3.16. The van der Waals surface area contributed by atoms with Gasteiger partial charge in [-0.15, -0.1) is 0 Å². The third-order valence-electron chi connectivity index (χ3n) is 2.57. The molecule has 0 bridgehead atoms. The molecule has 0 aliphatic heterocycles. The fourth-order valence-electron chi connectivity index (χ4n) is 1.59. The van der Waals surface area contributed by atoms with E-state index in [1.807, 2.05) is 12.1 Å². The molecule has 0 heterocycles. The molecule has 0 aliphatic rings. The van der Waals surface area contributed by atoms with Gasteiger partial charge in [0.05, 0.1) is 17.2 Å². The molecule has 0 amide bonds. The van der Waals surface area contributed by atoms with Gasteiger partial charge in [0.15, 0.2) is 11.5 Å². The van der Waals surface area contributed by atoms with E-state index in [0.717, 1.165) is 16.6 Å². The number of hydrogen-bond acceptors (Lipinski definition) is 4. The lowest BCUT2D eigenvalue weighted by Crippen LogP contribution is -2.28. The fraction of sp³-hybridized carbons (Fsp3) is 0.600. The zero-order valence-corrected chi connectivity index (χ0v) is 14.4. The predicted molar refractivity (Wildman–Crippen MR) is 84.5 cm³/mol. The molecule has 4 nitrogen and oxygen atoms in total. The molecule has 1 aromatic rings. The van der Waals surface area contributed by atoms with Gasteiger partial charge in [0, 0.05) is 12.6 Å². The fourth-order valence-corrected chi connectivity index (χ4v) is 2.19. The minimum Gasteiger partial charge on any atom is -0.493 e. The van der Waals surface area contributed by atoms with Crippen LogP contribution in [-0.2, 0) is 6.54 Å². The van der Waals surface area contributed by atoms with E-state index >= 15 is 0 Å². The van der Waals surface area contributed by atoms with E-state index in [2.05, 4.69) is 35.1 Å². The highest BCUT2D eigenvalue weighted by molar-refractivity contribution is 9.10. The largest absolute Gasteiger partial charge is 0.493 e. The van der Waals surface area contributed by atoms with Crippen LogP contribution in [0.5, 0.6) is 11.5 Å². The first kappa shape index (κ1) is 17.3. The minimum atomic E-state index is -0.887. The van der Waals surface area contributed by atoms with Crippen LogP contribution < -0.4 is 14.8 Å². The van der Waals surface area contributed by atoms with E-state index < -0.39 is 5.60 Å². The first-order chi connectivity index (χ1) is 9.23. The van der Waals surface area contributed by atoms with E-state index in [4.69, 9.17) is 9.47 Å². The summed E-state index contributed by atoms with van der Waals surface area (Å²) in [4.78, 5) is 0. The van der Waals surface area contributed by atoms with Crippen LogP contribution in [0.4, 0.5) is 0 Å². The van der Waals surface area contributed by atoms with Crippen LogP contribution >= 0.6 is 15.9 Å². The van der Waals surface area contributed by atoms with Crippen LogP contribution in [0, 0.1) is 0 Å². The second-order valence-electron chi connectivity index (χ2n) is 5.75. The number of benzene rings is 1. The molecule has 1 aromatic carbocycles. The lowest BCUT2D eigenvalue weighted by molar-refractivity contribution is 0.0273. The molecular formula is C15H24BrNO3. The van der Waals surface area contributed by atoms with Crippen molar-refractivity contribution in [3.05, 3.63) is 22.2 Å². The van der Waals surface area contributed by atoms with Crippen molar-refractivity contribution in [1.82, 2.24) is 5.32 Å². The Balaban J connectivity index is 2.90. The van der Waals surface area contributed by atoms with Crippen molar-refractivity contribution < 1.29 is 14.6 Å². The van der Waals surface area contributed by atoms with Crippen LogP contribution in [-0.4, -0.2) is 30.5 Å². The SMILES string of the molecule is COc1cc(CNC(C)C)cc(Br)c1OCC(C)(C)O. The Labute approximate surface area is 129 Å². The summed E-state index contributed by atoms with van der Waals surface area (Å²) in [5.74, 6) is 1.27. The van der Waals surface area contributed by atoms with Crippen molar-refractivity contribution in [2.75, 3.05) is 13.7 Å². The highest BCUT2D eigenvalue weighted by Crippen LogP contribution is 2.37. The minimum absolute atomic E-state index is 0.200. The lowest BCUT2D eigenvalue weighted by atomic mass is 10.1. The van der Waals surface area contributed by atoms with Crippen molar-refractivity contribution in [3.63, 3.8) is 0 Å². The first-order valence-electron chi connectivity index (χ1n) is 6.68. The average molecular weight is 346 g/mol. The van der Waals surface area contributed by atoms with Gasteiger partial charge < -0.3 is 19.9 Å². The van der Waals surface area contributed by atoms with Gasteiger partial charge in [-0.1, -0.05) is 13.8 Å². The third kappa shape index (κ3) is 5.69. The smallest absolute Gasteiger partial charge is 0.175 e. The van der Waals surface area contributed by atoms with Crippen molar-refractivity contribution in [3.8, 4) is 11.5 Å². The molecule has 0 aromatic heterocycles. The molecular weight excluding hydrogens is 322 g/mol. The number of ether oxygens (including phenoxy) is 2. The summed E-state index contributed by atoms with van der Waals surface area (Å²) in [6, 6.07) is 4.36. The van der Waals surface area contributed by atoms with Gasteiger partial charge in [-0.3, -0.25) is 0 Å². The van der Waals surface area contributed by atoms with Gasteiger partial charge in [-0.2, -0.15) is 0 Å². The second-order valence-corrected chi connectivity index (χ2v) is 6.60. The normalized spacial score (nSPS) is 11.8. The Bertz CT molecular complexity index is 441. The standard InChI is InChI=1S/C15H24BrNO3/c1-10(2)17-8-11-6-12(16)14(13(7-11)19-5)20-9-15(3,4)18/h6-7,10,17-18H,8-9H2,1-5H3. The summed E-state index contributed by atoms with van der Waals surface area (Å²) in [5.41, 5.74) is 0.223. The van der Waals surface area contributed by atoms with Crippen molar-refractivity contribution >= 4 is 15.9 Å². The molecule has 5 heteroatoms. The van der Waals surface area contributed by atoms with Crippen molar-refractivity contribution in [2.24, 2.45) is 0 Å². The molecule has 0 unspecified atom stereocenters. The summed E-state index contributed by atoms with van der Waals surface area (Å²) < 4.78 is 11.9. The quantitative estimate of drug-likeness (QED) is 0.797. The number of aliphatic hydroxyl groups is 1. The molecule has 0 fully saturated rings. The Hall–Kier alpha value is -0.780.